The molecule has 0 saturated heterocycles. The van der Waals surface area contributed by atoms with Crippen molar-refractivity contribution in [1.29, 1.82) is 0 Å². The van der Waals surface area contributed by atoms with Crippen LogP contribution in [0.4, 0.5) is 10.5 Å². The lowest BCUT2D eigenvalue weighted by atomic mass is 10.2. The largest absolute Gasteiger partial charge is 0.543 e. The number of ether oxygens (including phenoxy) is 1. The van der Waals surface area contributed by atoms with E-state index in [0.717, 1.165) is 18.6 Å². The molecular weight excluding hydrogens is 366 g/mol. The first-order valence-electron chi connectivity index (χ1n) is 9.50. The molecule has 1 saturated carbocycles. The molecule has 6 heteroatoms. The van der Waals surface area contributed by atoms with Crippen molar-refractivity contribution < 1.29 is 14.0 Å². The number of methoxy groups -OCH3 is 1. The van der Waals surface area contributed by atoms with E-state index in [9.17, 15) is 4.79 Å². The van der Waals surface area contributed by atoms with Gasteiger partial charge in [0.1, 0.15) is 5.75 Å². The lowest BCUT2D eigenvalue weighted by molar-refractivity contribution is 0.178. The van der Waals surface area contributed by atoms with Gasteiger partial charge in [-0.3, -0.25) is 4.90 Å². The van der Waals surface area contributed by atoms with Crippen LogP contribution in [-0.4, -0.2) is 27.6 Å². The van der Waals surface area contributed by atoms with E-state index in [1.165, 1.54) is 7.11 Å². The van der Waals surface area contributed by atoms with E-state index in [4.69, 9.17) is 20.8 Å². The van der Waals surface area contributed by atoms with Gasteiger partial charge in [0.25, 0.3) is 8.32 Å². The second kappa shape index (κ2) is 8.22. The number of hydrogen-bond donors (Lipinski definition) is 0. The Hall–Kier alpha value is -1.20. The van der Waals surface area contributed by atoms with Crippen LogP contribution in [0.1, 0.15) is 54.4 Å². The minimum atomic E-state index is -2.07. The molecule has 0 unspecified atom stereocenters. The van der Waals surface area contributed by atoms with Crippen molar-refractivity contribution in [1.82, 2.24) is 0 Å². The minimum absolute atomic E-state index is 0.164. The van der Waals surface area contributed by atoms with Crippen LogP contribution >= 0.6 is 11.6 Å². The van der Waals surface area contributed by atoms with Crippen molar-refractivity contribution in [3.63, 3.8) is 0 Å². The summed E-state index contributed by atoms with van der Waals surface area (Å²) >= 11 is 6.43. The number of hydrogen-bond acceptors (Lipinski definition) is 3. The summed E-state index contributed by atoms with van der Waals surface area (Å²) in [6.07, 6.45) is 1.57. The molecule has 1 aromatic rings. The Morgan fingerprint density at radius 2 is 1.65 bits per heavy atom. The molecule has 0 atom stereocenters. The molecule has 0 aliphatic heterocycles. The summed E-state index contributed by atoms with van der Waals surface area (Å²) in [5.74, 6) is 0.793. The average molecular weight is 398 g/mol. The highest BCUT2D eigenvalue weighted by atomic mass is 35.5. The van der Waals surface area contributed by atoms with E-state index >= 15 is 0 Å². The Morgan fingerprint density at radius 3 is 2.08 bits per heavy atom. The summed E-state index contributed by atoms with van der Waals surface area (Å²) in [6.45, 7) is 13.5. The molecule has 1 aliphatic rings. The van der Waals surface area contributed by atoms with E-state index in [-0.39, 0.29) is 12.1 Å². The predicted molar refractivity (Wildman–Crippen MR) is 111 cm³/mol. The summed E-state index contributed by atoms with van der Waals surface area (Å²) in [7, 11) is -0.665. The fraction of sp³-hybridized carbons (Fsp3) is 0.650. The van der Waals surface area contributed by atoms with Gasteiger partial charge in [-0.2, -0.15) is 0 Å². The van der Waals surface area contributed by atoms with E-state index in [2.05, 4.69) is 41.5 Å². The number of carbonyl (C=O) groups is 1. The van der Waals surface area contributed by atoms with Crippen LogP contribution in [0.25, 0.3) is 0 Å². The zero-order chi connectivity index (χ0) is 19.6. The van der Waals surface area contributed by atoms with Gasteiger partial charge < -0.3 is 9.16 Å². The molecule has 1 aliphatic carbocycles. The second-order valence-corrected chi connectivity index (χ2v) is 13.9. The first kappa shape index (κ1) is 21.1. The molecule has 1 aromatic carbocycles. The Kier molecular flexibility index (Phi) is 6.67. The monoisotopic (exact) mass is 397 g/mol. The number of carbonyl (C=O) groups excluding carboxylic acids is 1. The number of amides is 1. The number of rotatable bonds is 7. The fourth-order valence-corrected chi connectivity index (χ4v) is 9.62. The van der Waals surface area contributed by atoms with Crippen LogP contribution in [0.3, 0.4) is 0 Å². The molecule has 0 N–H and O–H groups in total. The molecule has 1 amide bonds. The first-order valence-corrected chi connectivity index (χ1v) is 12.0. The lowest BCUT2D eigenvalue weighted by Gasteiger charge is -2.42. The third-order valence-corrected chi connectivity index (χ3v) is 11.8. The zero-order valence-electron chi connectivity index (χ0n) is 17.0. The van der Waals surface area contributed by atoms with Gasteiger partial charge in [0.15, 0.2) is 0 Å². The number of benzene rings is 1. The number of halogens is 1. The SMILES string of the molecule is COC(=O)N(c1cc(O[Si](C(C)C)(C(C)C)C(C)C)ccc1Cl)C1CC1. The summed E-state index contributed by atoms with van der Waals surface area (Å²) < 4.78 is 11.7. The van der Waals surface area contributed by atoms with Crippen LogP contribution in [0.5, 0.6) is 5.75 Å². The van der Waals surface area contributed by atoms with Crippen molar-refractivity contribution in [3.8, 4) is 5.75 Å². The van der Waals surface area contributed by atoms with Crippen molar-refractivity contribution in [2.24, 2.45) is 0 Å². The standard InChI is InChI=1S/C20H32ClNO3Si/c1-13(2)26(14(3)4,15(5)6)25-17-10-11-18(21)19(12-17)22(16-8-9-16)20(23)24-7/h10-16H,8-9H2,1-7H3. The highest BCUT2D eigenvalue weighted by molar-refractivity contribution is 6.78. The third-order valence-electron chi connectivity index (χ3n) is 5.46. The molecule has 0 aromatic heterocycles. The van der Waals surface area contributed by atoms with Crippen molar-refractivity contribution in [2.45, 2.75) is 77.0 Å². The van der Waals surface area contributed by atoms with Crippen molar-refractivity contribution in [2.75, 3.05) is 12.0 Å². The van der Waals surface area contributed by atoms with E-state index in [0.29, 0.717) is 27.3 Å². The molecule has 146 valence electrons. The van der Waals surface area contributed by atoms with Gasteiger partial charge in [0, 0.05) is 12.1 Å². The molecule has 0 bridgehead atoms. The Labute approximate surface area is 163 Å². The minimum Gasteiger partial charge on any atom is -0.543 e. The van der Waals surface area contributed by atoms with Crippen LogP contribution in [0.15, 0.2) is 18.2 Å². The van der Waals surface area contributed by atoms with E-state index < -0.39 is 8.32 Å². The normalized spacial score (nSPS) is 14.9. The molecule has 0 heterocycles. The summed E-state index contributed by atoms with van der Waals surface area (Å²) in [4.78, 5) is 13.9. The molecule has 0 radical (unpaired) electrons. The van der Waals surface area contributed by atoms with Crippen molar-refractivity contribution >= 4 is 31.7 Å². The van der Waals surface area contributed by atoms with E-state index in [1.807, 2.05) is 18.2 Å². The fourth-order valence-electron chi connectivity index (χ4n) is 4.17. The molecule has 1 fully saturated rings. The second-order valence-electron chi connectivity index (χ2n) is 8.10. The van der Waals surface area contributed by atoms with Gasteiger partial charge in [0.2, 0.25) is 0 Å². The molecule has 26 heavy (non-hydrogen) atoms. The molecule has 0 spiro atoms. The Morgan fingerprint density at radius 1 is 1.12 bits per heavy atom. The number of anilines is 1. The average Bonchev–Trinajstić information content (AvgIpc) is 3.38. The molecule has 2 rings (SSSR count). The maximum Gasteiger partial charge on any atom is 0.414 e. The van der Waals surface area contributed by atoms with Gasteiger partial charge in [0.05, 0.1) is 17.8 Å². The smallest absolute Gasteiger partial charge is 0.414 e. The van der Waals surface area contributed by atoms with Crippen LogP contribution < -0.4 is 9.33 Å². The van der Waals surface area contributed by atoms with Gasteiger partial charge >= 0.3 is 6.09 Å². The molecular formula is C20H32ClNO3Si. The van der Waals surface area contributed by atoms with Gasteiger partial charge in [-0.1, -0.05) is 53.1 Å². The maximum absolute atomic E-state index is 12.3. The Bertz CT molecular complexity index is 622. The summed E-state index contributed by atoms with van der Waals surface area (Å²) in [5, 5.41) is 0.542. The van der Waals surface area contributed by atoms with Crippen LogP contribution in [0, 0.1) is 0 Å². The Balaban J connectivity index is 2.43. The number of nitrogens with zero attached hydrogens (tertiary/aromatic N) is 1. The highest BCUT2D eigenvalue weighted by Crippen LogP contribution is 2.44. The van der Waals surface area contributed by atoms with Crippen LogP contribution in [-0.2, 0) is 4.74 Å². The van der Waals surface area contributed by atoms with Gasteiger partial charge in [-0.15, -0.1) is 0 Å². The third kappa shape index (κ3) is 4.04. The summed E-state index contributed by atoms with van der Waals surface area (Å²) in [5.41, 5.74) is 2.10. The quantitative estimate of drug-likeness (QED) is 0.484. The van der Waals surface area contributed by atoms with Gasteiger partial charge in [-0.25, -0.2) is 4.79 Å². The highest BCUT2D eigenvalue weighted by Gasteiger charge is 2.47. The molecule has 4 nitrogen and oxygen atoms in total. The predicted octanol–water partition coefficient (Wildman–Crippen LogP) is 6.63. The zero-order valence-corrected chi connectivity index (χ0v) is 18.8. The van der Waals surface area contributed by atoms with Gasteiger partial charge in [-0.05, 0) is 41.6 Å². The summed E-state index contributed by atoms with van der Waals surface area (Å²) in [6, 6.07) is 5.82. The topological polar surface area (TPSA) is 38.8 Å². The first-order chi connectivity index (χ1) is 12.1. The van der Waals surface area contributed by atoms with E-state index in [1.54, 1.807) is 4.90 Å². The van der Waals surface area contributed by atoms with Crippen molar-refractivity contribution in [3.05, 3.63) is 23.2 Å². The maximum atomic E-state index is 12.3. The lowest BCUT2D eigenvalue weighted by Crippen LogP contribution is -2.50. The van der Waals surface area contributed by atoms with Crippen LogP contribution in [0.2, 0.25) is 21.6 Å².